The molecule has 31 heavy (non-hydrogen) atoms. The number of amides is 1. The van der Waals surface area contributed by atoms with Gasteiger partial charge in [0.2, 0.25) is 0 Å². The number of rotatable bonds is 5. The van der Waals surface area contributed by atoms with Gasteiger partial charge >= 0.3 is 6.18 Å². The average Bonchev–Trinajstić information content (AvgIpc) is 3.30. The third-order valence-corrected chi connectivity index (χ3v) is 4.37. The van der Waals surface area contributed by atoms with Gasteiger partial charge in [0.25, 0.3) is 5.91 Å². The molecule has 0 saturated heterocycles. The molecule has 4 aromatic rings. The summed E-state index contributed by atoms with van der Waals surface area (Å²) >= 11 is 0. The van der Waals surface area contributed by atoms with Crippen LogP contribution < -0.4 is 10.6 Å². The lowest BCUT2D eigenvalue weighted by molar-refractivity contribution is -0.137. The topological polar surface area (TPSA) is 71.8 Å². The predicted octanol–water partition coefficient (Wildman–Crippen LogP) is 5.28. The number of hydrogen-bond donors (Lipinski definition) is 2. The second-order valence-electron chi connectivity index (χ2n) is 6.59. The summed E-state index contributed by atoms with van der Waals surface area (Å²) in [5.41, 5.74) is 1.04. The van der Waals surface area contributed by atoms with Crippen molar-refractivity contribution in [3.05, 3.63) is 96.4 Å². The van der Waals surface area contributed by atoms with E-state index in [1.54, 1.807) is 53.6 Å². The van der Waals surface area contributed by atoms with E-state index in [2.05, 4.69) is 20.7 Å². The van der Waals surface area contributed by atoms with Crippen LogP contribution in [0.4, 0.5) is 30.2 Å². The molecule has 2 heterocycles. The molecule has 2 aromatic heterocycles. The summed E-state index contributed by atoms with van der Waals surface area (Å²) in [5, 5.41) is 9.89. The van der Waals surface area contributed by atoms with Crippen LogP contribution in [0.5, 0.6) is 0 Å². The van der Waals surface area contributed by atoms with E-state index in [0.717, 1.165) is 23.5 Å². The van der Waals surface area contributed by atoms with E-state index in [1.165, 1.54) is 12.1 Å². The molecule has 0 atom stereocenters. The molecule has 0 bridgehead atoms. The first kappa shape index (κ1) is 20.1. The minimum atomic E-state index is -4.50. The molecule has 0 spiro atoms. The van der Waals surface area contributed by atoms with E-state index >= 15 is 0 Å². The van der Waals surface area contributed by atoms with Crippen LogP contribution in [0.1, 0.15) is 15.9 Å². The van der Waals surface area contributed by atoms with Crippen molar-refractivity contribution in [2.45, 2.75) is 6.18 Å². The summed E-state index contributed by atoms with van der Waals surface area (Å²) in [4.78, 5) is 16.6. The number of halogens is 3. The van der Waals surface area contributed by atoms with Crippen LogP contribution >= 0.6 is 0 Å². The number of aromatic nitrogens is 3. The Morgan fingerprint density at radius 1 is 0.903 bits per heavy atom. The van der Waals surface area contributed by atoms with Gasteiger partial charge in [0.15, 0.2) is 5.82 Å². The Kier molecular flexibility index (Phi) is 5.40. The van der Waals surface area contributed by atoms with Crippen molar-refractivity contribution < 1.29 is 18.0 Å². The van der Waals surface area contributed by atoms with Crippen molar-refractivity contribution in [1.82, 2.24) is 14.8 Å². The summed E-state index contributed by atoms with van der Waals surface area (Å²) in [6, 6.07) is 16.5. The molecule has 0 radical (unpaired) electrons. The zero-order valence-electron chi connectivity index (χ0n) is 16.0. The molecule has 2 aromatic carbocycles. The first-order chi connectivity index (χ1) is 14.9. The fourth-order valence-corrected chi connectivity index (χ4v) is 2.84. The molecule has 0 aliphatic heterocycles. The van der Waals surface area contributed by atoms with Crippen LogP contribution in [0.25, 0.3) is 5.82 Å². The van der Waals surface area contributed by atoms with Gasteiger partial charge in [-0.15, -0.1) is 0 Å². The summed E-state index contributed by atoms with van der Waals surface area (Å²) < 4.78 is 40.1. The van der Waals surface area contributed by atoms with E-state index in [9.17, 15) is 18.0 Å². The normalized spacial score (nSPS) is 11.2. The monoisotopic (exact) mass is 423 g/mol. The molecule has 1 amide bonds. The van der Waals surface area contributed by atoms with Gasteiger partial charge in [-0.3, -0.25) is 4.79 Å². The largest absolute Gasteiger partial charge is 0.416 e. The van der Waals surface area contributed by atoms with Crippen LogP contribution in [0.2, 0.25) is 0 Å². The standard InChI is InChI=1S/C22H16F3N5O/c23-22(24,25)16-4-1-3-15(13-16)21(31)29-18-7-5-17(6-8-18)28-19-9-10-20(26-14-19)30-12-2-11-27-30/h1-14,28H,(H,29,31). The Balaban J connectivity index is 1.40. The minimum Gasteiger partial charge on any atom is -0.354 e. The Morgan fingerprint density at radius 2 is 1.65 bits per heavy atom. The highest BCUT2D eigenvalue weighted by Gasteiger charge is 2.30. The van der Waals surface area contributed by atoms with E-state index in [1.807, 2.05) is 12.1 Å². The maximum absolute atomic E-state index is 12.8. The molecule has 0 aliphatic rings. The van der Waals surface area contributed by atoms with Crippen LogP contribution in [0.15, 0.2) is 85.3 Å². The smallest absolute Gasteiger partial charge is 0.354 e. The van der Waals surface area contributed by atoms with Gasteiger partial charge < -0.3 is 10.6 Å². The number of anilines is 3. The molecular weight excluding hydrogens is 407 g/mol. The summed E-state index contributed by atoms with van der Waals surface area (Å²) in [6.07, 6.45) is 0.623. The van der Waals surface area contributed by atoms with Crippen LogP contribution in [-0.2, 0) is 6.18 Å². The van der Waals surface area contributed by atoms with Crippen LogP contribution in [0, 0.1) is 0 Å². The lowest BCUT2D eigenvalue weighted by Crippen LogP contribution is -2.13. The third kappa shape index (κ3) is 4.89. The van der Waals surface area contributed by atoms with Gasteiger partial charge in [0.05, 0.1) is 17.4 Å². The van der Waals surface area contributed by atoms with E-state index < -0.39 is 17.6 Å². The first-order valence-electron chi connectivity index (χ1n) is 9.20. The molecule has 0 fully saturated rings. The van der Waals surface area contributed by atoms with Gasteiger partial charge in [0.1, 0.15) is 0 Å². The highest BCUT2D eigenvalue weighted by molar-refractivity contribution is 6.04. The number of nitrogens with zero attached hydrogens (tertiary/aromatic N) is 3. The fourth-order valence-electron chi connectivity index (χ4n) is 2.84. The van der Waals surface area contributed by atoms with Gasteiger partial charge in [-0.25, -0.2) is 9.67 Å². The number of hydrogen-bond acceptors (Lipinski definition) is 4. The predicted molar refractivity (Wildman–Crippen MR) is 110 cm³/mol. The fraction of sp³-hybridized carbons (Fsp3) is 0.0455. The second-order valence-corrected chi connectivity index (χ2v) is 6.59. The number of carbonyl (C=O) groups excluding carboxylic acids is 1. The Labute approximate surface area is 175 Å². The Bertz CT molecular complexity index is 1170. The number of nitrogens with one attached hydrogen (secondary N) is 2. The number of benzene rings is 2. The SMILES string of the molecule is O=C(Nc1ccc(Nc2ccc(-n3cccn3)nc2)cc1)c1cccc(C(F)(F)F)c1. The maximum atomic E-state index is 12.8. The van der Waals surface area contributed by atoms with Gasteiger partial charge in [-0.05, 0) is 60.7 Å². The van der Waals surface area contributed by atoms with Crippen molar-refractivity contribution in [3.63, 3.8) is 0 Å². The molecule has 4 rings (SSSR count). The molecule has 0 aliphatic carbocycles. The van der Waals surface area contributed by atoms with E-state index in [-0.39, 0.29) is 5.56 Å². The lowest BCUT2D eigenvalue weighted by Gasteiger charge is -2.10. The van der Waals surface area contributed by atoms with Crippen molar-refractivity contribution in [1.29, 1.82) is 0 Å². The van der Waals surface area contributed by atoms with Gasteiger partial charge in [0, 0.05) is 29.3 Å². The van der Waals surface area contributed by atoms with Crippen LogP contribution in [-0.4, -0.2) is 20.7 Å². The minimum absolute atomic E-state index is 0.0691. The van der Waals surface area contributed by atoms with Crippen molar-refractivity contribution in [2.24, 2.45) is 0 Å². The van der Waals surface area contributed by atoms with E-state index in [0.29, 0.717) is 11.5 Å². The zero-order chi connectivity index (χ0) is 21.8. The molecule has 2 N–H and O–H groups in total. The Morgan fingerprint density at radius 3 is 2.29 bits per heavy atom. The molecule has 156 valence electrons. The Hall–Kier alpha value is -4.14. The summed E-state index contributed by atoms with van der Waals surface area (Å²) in [7, 11) is 0. The average molecular weight is 423 g/mol. The summed E-state index contributed by atoms with van der Waals surface area (Å²) in [6.45, 7) is 0. The quantitative estimate of drug-likeness (QED) is 0.458. The van der Waals surface area contributed by atoms with Crippen molar-refractivity contribution >= 4 is 23.0 Å². The number of alkyl halides is 3. The zero-order valence-corrected chi connectivity index (χ0v) is 16.0. The van der Waals surface area contributed by atoms with Crippen molar-refractivity contribution in [3.8, 4) is 5.82 Å². The van der Waals surface area contributed by atoms with Gasteiger partial charge in [-0.2, -0.15) is 18.3 Å². The maximum Gasteiger partial charge on any atom is 0.416 e. The first-order valence-corrected chi connectivity index (χ1v) is 9.20. The van der Waals surface area contributed by atoms with Crippen molar-refractivity contribution in [2.75, 3.05) is 10.6 Å². The molecule has 9 heteroatoms. The lowest BCUT2D eigenvalue weighted by atomic mass is 10.1. The number of carbonyl (C=O) groups is 1. The summed E-state index contributed by atoms with van der Waals surface area (Å²) in [5.74, 6) is 0.0634. The highest BCUT2D eigenvalue weighted by Crippen LogP contribution is 2.29. The van der Waals surface area contributed by atoms with Crippen LogP contribution in [0.3, 0.4) is 0 Å². The number of pyridine rings is 1. The second kappa shape index (κ2) is 8.31. The molecular formula is C22H16F3N5O. The third-order valence-electron chi connectivity index (χ3n) is 4.37. The van der Waals surface area contributed by atoms with Gasteiger partial charge in [-0.1, -0.05) is 6.07 Å². The van der Waals surface area contributed by atoms with E-state index in [4.69, 9.17) is 0 Å². The molecule has 6 nitrogen and oxygen atoms in total. The molecule has 0 saturated carbocycles. The molecule has 0 unspecified atom stereocenters. The highest BCUT2D eigenvalue weighted by atomic mass is 19.4.